The monoisotopic (exact) mass is 181 g/mol. The number of nitrogens with one attached hydrogen (secondary N) is 1. The third kappa shape index (κ3) is 1.01. The van der Waals surface area contributed by atoms with Gasteiger partial charge in [-0.25, -0.2) is 4.99 Å². The normalized spacial score (nSPS) is 30.0. The molecule has 1 unspecified atom stereocenters. The van der Waals surface area contributed by atoms with Crippen molar-refractivity contribution < 1.29 is 18.0 Å². The number of guanidine groups is 1. The summed E-state index contributed by atoms with van der Waals surface area (Å²) < 4.78 is 36.4. The van der Waals surface area contributed by atoms with E-state index in [9.17, 15) is 18.0 Å². The van der Waals surface area contributed by atoms with Crippen molar-refractivity contribution in [1.29, 1.82) is 0 Å². The minimum Gasteiger partial charge on any atom is -0.370 e. The zero-order chi connectivity index (χ0) is 9.57. The van der Waals surface area contributed by atoms with Crippen LogP contribution in [0.4, 0.5) is 13.2 Å². The van der Waals surface area contributed by atoms with Gasteiger partial charge in [0.25, 0.3) is 5.91 Å². The molecule has 1 heterocycles. The van der Waals surface area contributed by atoms with Crippen molar-refractivity contribution >= 4 is 11.9 Å². The Kier molecular flexibility index (Phi) is 1.55. The van der Waals surface area contributed by atoms with Gasteiger partial charge in [-0.1, -0.05) is 0 Å². The predicted molar refractivity (Wildman–Crippen MR) is 34.2 cm³/mol. The Morgan fingerprint density at radius 2 is 2.08 bits per heavy atom. The highest BCUT2D eigenvalue weighted by Crippen LogP contribution is 2.35. The number of amides is 1. The zero-order valence-electron chi connectivity index (χ0n) is 6.07. The Labute approximate surface area is 65.6 Å². The third-order valence-corrected chi connectivity index (χ3v) is 1.58. The standard InChI is InChI=1S/C5H6F3N3O/c1-4(5(6,7)8)2(12)10-3(9)11-4/h1H3,(H3,9,10,11,12). The fourth-order valence-corrected chi connectivity index (χ4v) is 0.750. The summed E-state index contributed by atoms with van der Waals surface area (Å²) in [4.78, 5) is 13.7. The van der Waals surface area contributed by atoms with Crippen molar-refractivity contribution in [2.24, 2.45) is 10.7 Å². The van der Waals surface area contributed by atoms with E-state index in [1.165, 1.54) is 0 Å². The first-order valence-electron chi connectivity index (χ1n) is 3.01. The molecule has 0 aromatic carbocycles. The number of aliphatic imine (C=N–C) groups is 1. The molecule has 1 rings (SSSR count). The Morgan fingerprint density at radius 1 is 1.58 bits per heavy atom. The molecule has 4 nitrogen and oxygen atoms in total. The van der Waals surface area contributed by atoms with Gasteiger partial charge < -0.3 is 5.73 Å². The summed E-state index contributed by atoms with van der Waals surface area (Å²) in [7, 11) is 0. The SMILES string of the molecule is CC1(C(F)(F)F)N=C(N)NC1=O. The van der Waals surface area contributed by atoms with Crippen LogP contribution in [0.2, 0.25) is 0 Å². The van der Waals surface area contributed by atoms with Crippen LogP contribution in [0.15, 0.2) is 4.99 Å². The number of alkyl halides is 3. The average molecular weight is 181 g/mol. The average Bonchev–Trinajstić information content (AvgIpc) is 2.06. The molecular formula is C5H6F3N3O. The van der Waals surface area contributed by atoms with Crippen LogP contribution in [0.3, 0.4) is 0 Å². The third-order valence-electron chi connectivity index (χ3n) is 1.58. The Morgan fingerprint density at radius 3 is 2.25 bits per heavy atom. The van der Waals surface area contributed by atoms with Crippen molar-refractivity contribution in [3.63, 3.8) is 0 Å². The predicted octanol–water partition coefficient (Wildman–Crippen LogP) is -0.248. The molecule has 0 radical (unpaired) electrons. The van der Waals surface area contributed by atoms with Gasteiger partial charge in [0.2, 0.25) is 5.54 Å². The highest BCUT2D eigenvalue weighted by molar-refractivity contribution is 6.07. The number of hydrogen-bond acceptors (Lipinski definition) is 3. The topological polar surface area (TPSA) is 67.5 Å². The highest BCUT2D eigenvalue weighted by Gasteiger charge is 2.59. The largest absolute Gasteiger partial charge is 0.422 e. The molecule has 0 bridgehead atoms. The second-order valence-corrected chi connectivity index (χ2v) is 2.52. The van der Waals surface area contributed by atoms with Crippen molar-refractivity contribution in [1.82, 2.24) is 5.32 Å². The fraction of sp³-hybridized carbons (Fsp3) is 0.600. The molecule has 7 heteroatoms. The first-order valence-corrected chi connectivity index (χ1v) is 3.01. The van der Waals surface area contributed by atoms with Crippen LogP contribution in [0.25, 0.3) is 0 Å². The van der Waals surface area contributed by atoms with Crippen LogP contribution in [-0.4, -0.2) is 23.6 Å². The Bertz CT molecular complexity index is 259. The van der Waals surface area contributed by atoms with Gasteiger partial charge >= 0.3 is 6.18 Å². The summed E-state index contributed by atoms with van der Waals surface area (Å²) in [5.41, 5.74) is 2.19. The van der Waals surface area contributed by atoms with Crippen LogP contribution >= 0.6 is 0 Å². The summed E-state index contributed by atoms with van der Waals surface area (Å²) in [5, 5.41) is 1.78. The lowest BCUT2D eigenvalue weighted by molar-refractivity contribution is -0.183. The van der Waals surface area contributed by atoms with Crippen molar-refractivity contribution in [3.8, 4) is 0 Å². The summed E-state index contributed by atoms with van der Waals surface area (Å²) in [6, 6.07) is 0. The maximum atomic E-state index is 12.1. The van der Waals surface area contributed by atoms with Gasteiger partial charge in [0.15, 0.2) is 5.96 Å². The van der Waals surface area contributed by atoms with Gasteiger partial charge in [0.05, 0.1) is 0 Å². The smallest absolute Gasteiger partial charge is 0.370 e. The molecule has 0 spiro atoms. The lowest BCUT2D eigenvalue weighted by Gasteiger charge is -2.20. The summed E-state index contributed by atoms with van der Waals surface area (Å²) >= 11 is 0. The molecule has 0 aromatic rings. The van der Waals surface area contributed by atoms with Crippen LogP contribution in [0.5, 0.6) is 0 Å². The molecule has 68 valence electrons. The van der Waals surface area contributed by atoms with E-state index in [0.717, 1.165) is 0 Å². The number of rotatable bonds is 0. The second-order valence-electron chi connectivity index (χ2n) is 2.52. The van der Waals surface area contributed by atoms with E-state index in [4.69, 9.17) is 5.73 Å². The molecule has 12 heavy (non-hydrogen) atoms. The number of carbonyl (C=O) groups is 1. The molecule has 0 saturated carbocycles. The molecule has 3 N–H and O–H groups in total. The van der Waals surface area contributed by atoms with Gasteiger partial charge in [-0.2, -0.15) is 13.2 Å². The first kappa shape index (κ1) is 8.82. The van der Waals surface area contributed by atoms with E-state index in [1.54, 1.807) is 5.32 Å². The van der Waals surface area contributed by atoms with Crippen LogP contribution in [0.1, 0.15) is 6.92 Å². The molecular weight excluding hydrogens is 175 g/mol. The molecule has 0 aliphatic carbocycles. The Balaban J connectivity index is 3.07. The Hall–Kier alpha value is -1.27. The minimum atomic E-state index is -4.71. The van der Waals surface area contributed by atoms with Crippen molar-refractivity contribution in [2.75, 3.05) is 0 Å². The second kappa shape index (κ2) is 2.11. The zero-order valence-corrected chi connectivity index (χ0v) is 6.07. The highest BCUT2D eigenvalue weighted by atomic mass is 19.4. The van der Waals surface area contributed by atoms with Crippen LogP contribution in [-0.2, 0) is 4.79 Å². The van der Waals surface area contributed by atoms with E-state index in [2.05, 4.69) is 4.99 Å². The number of nitrogens with zero attached hydrogens (tertiary/aromatic N) is 1. The number of hydrogen-bond donors (Lipinski definition) is 2. The van der Waals surface area contributed by atoms with E-state index in [0.29, 0.717) is 6.92 Å². The van der Waals surface area contributed by atoms with Gasteiger partial charge in [0.1, 0.15) is 0 Å². The van der Waals surface area contributed by atoms with E-state index in [1.807, 2.05) is 0 Å². The van der Waals surface area contributed by atoms with Gasteiger partial charge in [-0.05, 0) is 6.92 Å². The molecule has 1 aliphatic heterocycles. The van der Waals surface area contributed by atoms with Crippen molar-refractivity contribution in [2.45, 2.75) is 18.6 Å². The fourth-order valence-electron chi connectivity index (χ4n) is 0.750. The lowest BCUT2D eigenvalue weighted by Crippen LogP contribution is -2.49. The van der Waals surface area contributed by atoms with Crippen LogP contribution in [0, 0.1) is 0 Å². The summed E-state index contributed by atoms with van der Waals surface area (Å²) in [6.07, 6.45) is -4.71. The first-order chi connectivity index (χ1) is 5.27. The van der Waals surface area contributed by atoms with Gasteiger partial charge in [-0.3, -0.25) is 10.1 Å². The lowest BCUT2D eigenvalue weighted by atomic mass is 10.0. The summed E-state index contributed by atoms with van der Waals surface area (Å²) in [6.45, 7) is 0.669. The maximum absolute atomic E-state index is 12.1. The molecule has 0 fully saturated rings. The number of halogens is 3. The van der Waals surface area contributed by atoms with E-state index >= 15 is 0 Å². The van der Waals surface area contributed by atoms with E-state index in [-0.39, 0.29) is 0 Å². The van der Waals surface area contributed by atoms with E-state index < -0.39 is 23.6 Å². The number of nitrogens with two attached hydrogens (primary N) is 1. The summed E-state index contributed by atoms with van der Waals surface area (Å²) in [5.74, 6) is -1.74. The van der Waals surface area contributed by atoms with Gasteiger partial charge in [0, 0.05) is 0 Å². The maximum Gasteiger partial charge on any atom is 0.422 e. The number of carbonyl (C=O) groups excluding carboxylic acids is 1. The molecule has 0 aromatic heterocycles. The molecule has 1 amide bonds. The van der Waals surface area contributed by atoms with Gasteiger partial charge in [-0.15, -0.1) is 0 Å². The van der Waals surface area contributed by atoms with Crippen LogP contribution < -0.4 is 11.1 Å². The quantitative estimate of drug-likeness (QED) is 0.541. The molecule has 1 atom stereocenters. The molecule has 0 saturated heterocycles. The van der Waals surface area contributed by atoms with Crippen molar-refractivity contribution in [3.05, 3.63) is 0 Å². The molecule has 1 aliphatic rings. The minimum absolute atomic E-state index is 0.500.